The van der Waals surface area contributed by atoms with Crippen LogP contribution in [0.5, 0.6) is 5.75 Å². The third kappa shape index (κ3) is 7.55. The molecule has 0 saturated heterocycles. The highest BCUT2D eigenvalue weighted by Crippen LogP contribution is 2.27. The molecular weight excluding hydrogens is 550 g/mol. The maximum Gasteiger partial charge on any atom is 0.264 e. The van der Waals surface area contributed by atoms with Crippen LogP contribution in [0.2, 0.25) is 5.02 Å². The fraction of sp³-hybridized carbons (Fsp3) is 0.333. The quantitative estimate of drug-likeness (QED) is 0.298. The van der Waals surface area contributed by atoms with Crippen LogP contribution in [0.15, 0.2) is 77.7 Å². The Kier molecular flexibility index (Phi) is 11.0. The number of carbonyl (C=O) groups excluding carboxylic acids is 2. The van der Waals surface area contributed by atoms with E-state index in [1.807, 2.05) is 20.8 Å². The van der Waals surface area contributed by atoms with Gasteiger partial charge < -0.3 is 15.0 Å². The highest BCUT2D eigenvalue weighted by atomic mass is 35.5. The number of ether oxygens (including phenoxy) is 1. The van der Waals surface area contributed by atoms with Crippen molar-refractivity contribution in [3.05, 3.63) is 88.9 Å². The Morgan fingerprint density at radius 2 is 1.62 bits per heavy atom. The Balaban J connectivity index is 2.06. The Hall–Kier alpha value is -3.56. The number of anilines is 1. The molecule has 3 rings (SSSR count). The number of aryl methyl sites for hydroxylation is 1. The molecule has 1 atom stereocenters. The van der Waals surface area contributed by atoms with Crippen LogP contribution >= 0.6 is 11.6 Å². The van der Waals surface area contributed by atoms with E-state index in [0.717, 1.165) is 16.3 Å². The molecule has 0 aromatic heterocycles. The molecule has 0 aliphatic rings. The summed E-state index contributed by atoms with van der Waals surface area (Å²) in [4.78, 5) is 28.7. The van der Waals surface area contributed by atoms with Crippen molar-refractivity contribution in [3.8, 4) is 5.75 Å². The van der Waals surface area contributed by atoms with Crippen LogP contribution in [0.3, 0.4) is 0 Å². The van der Waals surface area contributed by atoms with Gasteiger partial charge in [0.15, 0.2) is 0 Å². The Morgan fingerprint density at radius 3 is 2.20 bits per heavy atom. The molecule has 0 fully saturated rings. The zero-order valence-corrected chi connectivity index (χ0v) is 24.8. The van der Waals surface area contributed by atoms with E-state index in [1.54, 1.807) is 60.7 Å². The fourth-order valence-corrected chi connectivity index (χ4v) is 5.82. The van der Waals surface area contributed by atoms with Crippen molar-refractivity contribution in [3.63, 3.8) is 0 Å². The standard InChI is InChI=1S/C30H36ClN3O5S/c1-5-19-32-30(36)28(6-2)33(20-23-9-7-8-10-27(23)31)29(35)21-34(24-13-15-25(39-4)16-14-24)40(37,38)26-17-11-22(3)12-18-26/h7-18,28H,5-6,19-21H2,1-4H3,(H,32,36). The van der Waals surface area contributed by atoms with Gasteiger partial charge in [-0.25, -0.2) is 8.42 Å². The predicted octanol–water partition coefficient (Wildman–Crippen LogP) is 5.19. The maximum absolute atomic E-state index is 14.0. The van der Waals surface area contributed by atoms with Gasteiger partial charge >= 0.3 is 0 Å². The van der Waals surface area contributed by atoms with Crippen molar-refractivity contribution in [1.29, 1.82) is 0 Å². The number of benzene rings is 3. The van der Waals surface area contributed by atoms with Crippen LogP contribution in [0.25, 0.3) is 0 Å². The van der Waals surface area contributed by atoms with Crippen LogP contribution in [0, 0.1) is 6.92 Å². The molecule has 8 nitrogen and oxygen atoms in total. The third-order valence-electron chi connectivity index (χ3n) is 6.48. The molecule has 0 radical (unpaired) electrons. The second-order valence-electron chi connectivity index (χ2n) is 9.35. The number of hydrogen-bond acceptors (Lipinski definition) is 5. The van der Waals surface area contributed by atoms with E-state index in [2.05, 4.69) is 5.32 Å². The van der Waals surface area contributed by atoms with E-state index in [9.17, 15) is 18.0 Å². The number of nitrogens with one attached hydrogen (secondary N) is 1. The van der Waals surface area contributed by atoms with Crippen LogP contribution in [0.4, 0.5) is 5.69 Å². The van der Waals surface area contributed by atoms with Gasteiger partial charge in [0, 0.05) is 18.1 Å². The normalized spacial score (nSPS) is 11.9. The molecule has 2 amide bonds. The van der Waals surface area contributed by atoms with Gasteiger partial charge in [0.2, 0.25) is 11.8 Å². The molecule has 3 aromatic rings. The lowest BCUT2D eigenvalue weighted by Crippen LogP contribution is -2.52. The van der Waals surface area contributed by atoms with Crippen LogP contribution in [0.1, 0.15) is 37.8 Å². The predicted molar refractivity (Wildman–Crippen MR) is 158 cm³/mol. The average molecular weight is 586 g/mol. The number of methoxy groups -OCH3 is 1. The molecule has 10 heteroatoms. The second-order valence-corrected chi connectivity index (χ2v) is 11.6. The average Bonchev–Trinajstić information content (AvgIpc) is 2.95. The van der Waals surface area contributed by atoms with Crippen molar-refractivity contribution in [1.82, 2.24) is 10.2 Å². The van der Waals surface area contributed by atoms with Gasteiger partial charge in [0.05, 0.1) is 17.7 Å². The Labute approximate surface area is 241 Å². The van der Waals surface area contributed by atoms with Crippen LogP contribution in [-0.2, 0) is 26.2 Å². The summed E-state index contributed by atoms with van der Waals surface area (Å²) in [6.07, 6.45) is 1.07. The lowest BCUT2D eigenvalue weighted by atomic mass is 10.1. The minimum atomic E-state index is -4.15. The van der Waals surface area contributed by atoms with E-state index in [1.165, 1.54) is 24.1 Å². The van der Waals surface area contributed by atoms with E-state index in [0.29, 0.717) is 29.3 Å². The third-order valence-corrected chi connectivity index (χ3v) is 8.64. The first-order valence-corrected chi connectivity index (χ1v) is 15.0. The summed E-state index contributed by atoms with van der Waals surface area (Å²) in [5.74, 6) is -0.297. The van der Waals surface area contributed by atoms with E-state index >= 15 is 0 Å². The van der Waals surface area contributed by atoms with Gasteiger partial charge in [-0.15, -0.1) is 0 Å². The number of hydrogen-bond donors (Lipinski definition) is 1. The molecule has 0 aliphatic carbocycles. The zero-order chi connectivity index (χ0) is 29.3. The molecule has 1 N–H and O–H groups in total. The molecule has 0 heterocycles. The molecule has 0 bridgehead atoms. The lowest BCUT2D eigenvalue weighted by molar-refractivity contribution is -0.140. The van der Waals surface area contributed by atoms with Crippen molar-refractivity contribution in [2.24, 2.45) is 0 Å². The zero-order valence-electron chi connectivity index (χ0n) is 23.3. The monoisotopic (exact) mass is 585 g/mol. The molecular formula is C30H36ClN3O5S. The molecule has 3 aromatic carbocycles. The topological polar surface area (TPSA) is 96.0 Å². The molecule has 0 aliphatic heterocycles. The highest BCUT2D eigenvalue weighted by Gasteiger charge is 2.33. The van der Waals surface area contributed by atoms with Crippen LogP contribution < -0.4 is 14.4 Å². The Bertz CT molecular complexity index is 1400. The first-order valence-electron chi connectivity index (χ1n) is 13.2. The highest BCUT2D eigenvalue weighted by molar-refractivity contribution is 7.92. The van der Waals surface area contributed by atoms with Gasteiger partial charge in [0.1, 0.15) is 18.3 Å². The fourth-order valence-electron chi connectivity index (χ4n) is 4.21. The number of nitrogens with zero attached hydrogens (tertiary/aromatic N) is 2. The Morgan fingerprint density at radius 1 is 0.975 bits per heavy atom. The minimum absolute atomic E-state index is 0.0393. The van der Waals surface area contributed by atoms with Crippen molar-refractivity contribution >= 4 is 39.1 Å². The second kappa shape index (κ2) is 14.2. The lowest BCUT2D eigenvalue weighted by Gasteiger charge is -2.33. The summed E-state index contributed by atoms with van der Waals surface area (Å²) in [6.45, 7) is 5.59. The van der Waals surface area contributed by atoms with E-state index < -0.39 is 28.5 Å². The largest absolute Gasteiger partial charge is 0.497 e. The van der Waals surface area contributed by atoms with Crippen LogP contribution in [-0.4, -0.2) is 51.4 Å². The molecule has 1 unspecified atom stereocenters. The number of carbonyl (C=O) groups is 2. The molecule has 40 heavy (non-hydrogen) atoms. The van der Waals surface area contributed by atoms with Gasteiger partial charge in [0.25, 0.3) is 10.0 Å². The maximum atomic E-state index is 14.0. The summed E-state index contributed by atoms with van der Waals surface area (Å²) in [5.41, 5.74) is 1.84. The SMILES string of the molecule is CCCNC(=O)C(CC)N(Cc1ccccc1Cl)C(=O)CN(c1ccc(OC)cc1)S(=O)(=O)c1ccc(C)cc1. The summed E-state index contributed by atoms with van der Waals surface area (Å²) >= 11 is 6.42. The molecule has 0 spiro atoms. The number of rotatable bonds is 13. The first-order chi connectivity index (χ1) is 19.1. The summed E-state index contributed by atoms with van der Waals surface area (Å²) in [5, 5.41) is 3.31. The van der Waals surface area contributed by atoms with Crippen molar-refractivity contribution in [2.45, 2.75) is 51.1 Å². The van der Waals surface area contributed by atoms with Gasteiger partial charge in [-0.3, -0.25) is 13.9 Å². The van der Waals surface area contributed by atoms with Gasteiger partial charge in [-0.05, 0) is 67.8 Å². The first kappa shape index (κ1) is 31.0. The van der Waals surface area contributed by atoms with Crippen molar-refractivity contribution < 1.29 is 22.7 Å². The van der Waals surface area contributed by atoms with Crippen molar-refractivity contribution in [2.75, 3.05) is 24.5 Å². The summed E-state index contributed by atoms with van der Waals surface area (Å²) in [7, 11) is -2.63. The van der Waals surface area contributed by atoms with Gasteiger partial charge in [-0.1, -0.05) is 61.3 Å². The van der Waals surface area contributed by atoms with E-state index in [-0.39, 0.29) is 23.0 Å². The smallest absolute Gasteiger partial charge is 0.264 e. The molecule has 214 valence electrons. The number of amides is 2. The number of sulfonamides is 1. The van der Waals surface area contributed by atoms with E-state index in [4.69, 9.17) is 16.3 Å². The summed E-state index contributed by atoms with van der Waals surface area (Å²) in [6, 6.07) is 19.1. The summed E-state index contributed by atoms with van der Waals surface area (Å²) < 4.78 is 34.1. The number of halogens is 1. The van der Waals surface area contributed by atoms with Gasteiger partial charge in [-0.2, -0.15) is 0 Å². The molecule has 0 saturated carbocycles. The minimum Gasteiger partial charge on any atom is -0.497 e.